The molecule has 0 atom stereocenters. The number of halogens is 1. The van der Waals surface area contributed by atoms with E-state index in [-0.39, 0.29) is 17.2 Å². The van der Waals surface area contributed by atoms with Crippen LogP contribution in [0.5, 0.6) is 5.75 Å². The van der Waals surface area contributed by atoms with E-state index >= 15 is 0 Å². The van der Waals surface area contributed by atoms with Gasteiger partial charge in [-0.15, -0.1) is 0 Å². The number of ether oxygens (including phenoxy) is 2. The third-order valence-electron chi connectivity index (χ3n) is 6.13. The van der Waals surface area contributed by atoms with Crippen LogP contribution in [0.3, 0.4) is 0 Å². The lowest BCUT2D eigenvalue weighted by molar-refractivity contribution is 0.144. The van der Waals surface area contributed by atoms with Gasteiger partial charge in [-0.05, 0) is 25.8 Å². The Labute approximate surface area is 180 Å². The van der Waals surface area contributed by atoms with E-state index in [0.717, 1.165) is 63.4 Å². The first-order valence-electron chi connectivity index (χ1n) is 10.7. The van der Waals surface area contributed by atoms with Crippen LogP contribution < -0.4 is 9.64 Å². The molecule has 1 saturated carbocycles. The summed E-state index contributed by atoms with van der Waals surface area (Å²) in [5, 5.41) is 8.12. The summed E-state index contributed by atoms with van der Waals surface area (Å²) >= 11 is 0. The fourth-order valence-electron chi connectivity index (χ4n) is 3.91. The van der Waals surface area contributed by atoms with Crippen molar-refractivity contribution in [3.8, 4) is 17.1 Å². The Hall–Kier alpha value is -2.78. The van der Waals surface area contributed by atoms with Gasteiger partial charge < -0.3 is 14.4 Å². The number of methoxy groups -OCH3 is 1. The van der Waals surface area contributed by atoms with Crippen LogP contribution in [-0.2, 0) is 4.74 Å². The van der Waals surface area contributed by atoms with E-state index in [1.807, 2.05) is 13.0 Å². The van der Waals surface area contributed by atoms with Gasteiger partial charge in [0.25, 0.3) is 0 Å². The zero-order chi connectivity index (χ0) is 21.4. The topological polar surface area (TPSA) is 79.4 Å². The molecule has 5 rings (SSSR count). The molecule has 1 aliphatic heterocycles. The minimum Gasteiger partial charge on any atom is -0.484 e. The number of anilines is 1. The number of aromatic nitrogens is 4. The molecule has 164 valence electrons. The van der Waals surface area contributed by atoms with Crippen molar-refractivity contribution in [2.45, 2.75) is 25.4 Å². The largest absolute Gasteiger partial charge is 0.484 e. The molecule has 0 unspecified atom stereocenters. The first-order chi connectivity index (χ1) is 15.0. The van der Waals surface area contributed by atoms with Gasteiger partial charge in [0.1, 0.15) is 23.4 Å². The van der Waals surface area contributed by atoms with Gasteiger partial charge in [0, 0.05) is 57.4 Å². The summed E-state index contributed by atoms with van der Waals surface area (Å²) in [5.74, 6) is 0.749. The number of fused-ring (bicyclic) bond motifs is 1. The van der Waals surface area contributed by atoms with Gasteiger partial charge in [-0.1, -0.05) is 0 Å². The standard InChI is InChI=1S/C22H27FN6O2/c1-22(3-4-22)31-19-11-15-17(12-16(19)23)26-27-21(15)18-13-20(25-14-24-18)29-7-5-28(6-8-29)9-10-30-2/h11-14H,3-10H2,1-2H3,(H,26,27). The number of nitrogens with zero attached hydrogens (tertiary/aromatic N) is 5. The van der Waals surface area contributed by atoms with Gasteiger partial charge >= 0.3 is 0 Å². The highest BCUT2D eigenvalue weighted by Gasteiger charge is 2.40. The molecule has 0 bridgehead atoms. The van der Waals surface area contributed by atoms with Crippen LogP contribution in [0.1, 0.15) is 19.8 Å². The summed E-state index contributed by atoms with van der Waals surface area (Å²) in [6.45, 7) is 7.40. The summed E-state index contributed by atoms with van der Waals surface area (Å²) < 4.78 is 25.6. The maximum Gasteiger partial charge on any atom is 0.167 e. The summed E-state index contributed by atoms with van der Waals surface area (Å²) in [6.07, 6.45) is 3.45. The Kier molecular flexibility index (Phi) is 5.23. The van der Waals surface area contributed by atoms with Crippen molar-refractivity contribution in [1.29, 1.82) is 0 Å². The lowest BCUT2D eigenvalue weighted by atomic mass is 10.1. The molecule has 0 amide bonds. The molecule has 3 heterocycles. The van der Waals surface area contributed by atoms with Crippen molar-refractivity contribution in [3.63, 3.8) is 0 Å². The highest BCUT2D eigenvalue weighted by atomic mass is 19.1. The highest BCUT2D eigenvalue weighted by molar-refractivity contribution is 5.93. The van der Waals surface area contributed by atoms with E-state index in [1.54, 1.807) is 19.5 Å². The molecule has 8 nitrogen and oxygen atoms in total. The number of hydrogen-bond donors (Lipinski definition) is 1. The molecule has 9 heteroatoms. The first kappa shape index (κ1) is 20.1. The van der Waals surface area contributed by atoms with Gasteiger partial charge in [0.05, 0.1) is 17.8 Å². The van der Waals surface area contributed by atoms with E-state index in [0.29, 0.717) is 16.9 Å². The van der Waals surface area contributed by atoms with Gasteiger partial charge in [-0.25, -0.2) is 14.4 Å². The van der Waals surface area contributed by atoms with Crippen molar-refractivity contribution in [2.24, 2.45) is 0 Å². The number of hydrogen-bond acceptors (Lipinski definition) is 7. The molecular formula is C22H27FN6O2. The molecule has 0 spiro atoms. The minimum atomic E-state index is -0.384. The smallest absolute Gasteiger partial charge is 0.167 e. The Morgan fingerprint density at radius 2 is 1.94 bits per heavy atom. The molecule has 1 N–H and O–H groups in total. The SMILES string of the molecule is COCCN1CCN(c2cc(-c3n[nH]c4cc(F)c(OC5(C)CC5)cc34)ncn2)CC1. The van der Waals surface area contributed by atoms with Gasteiger partial charge in [-0.3, -0.25) is 10.00 Å². The highest BCUT2D eigenvalue weighted by Crippen LogP contribution is 2.41. The Morgan fingerprint density at radius 1 is 1.13 bits per heavy atom. The Bertz CT molecular complexity index is 1080. The zero-order valence-electron chi connectivity index (χ0n) is 17.9. The fraction of sp³-hybridized carbons (Fsp3) is 0.500. The van der Waals surface area contributed by atoms with Crippen LogP contribution in [0.2, 0.25) is 0 Å². The lowest BCUT2D eigenvalue weighted by Gasteiger charge is -2.35. The molecule has 2 aliphatic rings. The Balaban J connectivity index is 1.39. The lowest BCUT2D eigenvalue weighted by Crippen LogP contribution is -2.47. The van der Waals surface area contributed by atoms with Crippen LogP contribution >= 0.6 is 0 Å². The van der Waals surface area contributed by atoms with Crippen molar-refractivity contribution in [1.82, 2.24) is 25.1 Å². The van der Waals surface area contributed by atoms with Crippen LogP contribution in [0.4, 0.5) is 10.2 Å². The van der Waals surface area contributed by atoms with Crippen molar-refractivity contribution in [2.75, 3.05) is 51.3 Å². The van der Waals surface area contributed by atoms with E-state index < -0.39 is 0 Å². The second-order valence-corrected chi connectivity index (χ2v) is 8.54. The predicted octanol–water partition coefficient (Wildman–Crippen LogP) is 2.86. The maximum absolute atomic E-state index is 14.5. The molecule has 2 aromatic heterocycles. The monoisotopic (exact) mass is 426 g/mol. The molecule has 31 heavy (non-hydrogen) atoms. The molecule has 1 aromatic carbocycles. The molecule has 3 aromatic rings. The minimum absolute atomic E-state index is 0.258. The number of benzene rings is 1. The van der Waals surface area contributed by atoms with E-state index in [2.05, 4.69) is 30.0 Å². The van der Waals surface area contributed by atoms with Gasteiger partial charge in [0.2, 0.25) is 0 Å². The zero-order valence-corrected chi connectivity index (χ0v) is 17.9. The van der Waals surface area contributed by atoms with Crippen molar-refractivity contribution >= 4 is 16.7 Å². The normalized spacial score (nSPS) is 18.5. The van der Waals surface area contributed by atoms with Gasteiger partial charge in [0.15, 0.2) is 11.6 Å². The number of rotatable bonds is 7. The van der Waals surface area contributed by atoms with Gasteiger partial charge in [-0.2, -0.15) is 5.10 Å². The first-order valence-corrected chi connectivity index (χ1v) is 10.7. The van der Waals surface area contributed by atoms with Crippen LogP contribution in [-0.4, -0.2) is 77.1 Å². The molecule has 0 radical (unpaired) electrons. The summed E-state index contributed by atoms with van der Waals surface area (Å²) in [7, 11) is 1.73. The molecular weight excluding hydrogens is 399 g/mol. The fourth-order valence-corrected chi connectivity index (χ4v) is 3.91. The number of aromatic amines is 1. The predicted molar refractivity (Wildman–Crippen MR) is 116 cm³/mol. The van der Waals surface area contributed by atoms with E-state index in [4.69, 9.17) is 9.47 Å². The average molecular weight is 426 g/mol. The second kappa shape index (κ2) is 8.05. The van der Waals surface area contributed by atoms with Crippen molar-refractivity contribution in [3.05, 3.63) is 30.3 Å². The second-order valence-electron chi connectivity index (χ2n) is 8.54. The summed E-state index contributed by atoms with van der Waals surface area (Å²) in [5.41, 5.74) is 1.73. The average Bonchev–Trinajstić information content (AvgIpc) is 3.37. The van der Waals surface area contributed by atoms with E-state index in [1.165, 1.54) is 6.07 Å². The van der Waals surface area contributed by atoms with Crippen LogP contribution in [0.25, 0.3) is 22.3 Å². The quantitative estimate of drug-likeness (QED) is 0.622. The summed E-state index contributed by atoms with van der Waals surface area (Å²) in [4.78, 5) is 13.6. The molecule has 1 saturated heterocycles. The van der Waals surface area contributed by atoms with Crippen LogP contribution in [0, 0.1) is 5.82 Å². The number of nitrogens with one attached hydrogen (secondary N) is 1. The number of H-pyrrole nitrogens is 1. The number of piperazine rings is 1. The molecule has 2 fully saturated rings. The third-order valence-corrected chi connectivity index (χ3v) is 6.13. The Morgan fingerprint density at radius 3 is 2.68 bits per heavy atom. The molecule has 1 aliphatic carbocycles. The third kappa shape index (κ3) is 4.20. The van der Waals surface area contributed by atoms with Crippen molar-refractivity contribution < 1.29 is 13.9 Å². The van der Waals surface area contributed by atoms with E-state index in [9.17, 15) is 4.39 Å². The maximum atomic E-state index is 14.5. The van der Waals surface area contributed by atoms with Crippen LogP contribution in [0.15, 0.2) is 24.5 Å². The summed E-state index contributed by atoms with van der Waals surface area (Å²) in [6, 6.07) is 5.12.